The van der Waals surface area contributed by atoms with Crippen LogP contribution in [0.4, 0.5) is 13.2 Å². The molecule has 0 fully saturated rings. The Morgan fingerprint density at radius 1 is 1.24 bits per heavy atom. The third-order valence-corrected chi connectivity index (χ3v) is 2.41. The largest absolute Gasteiger partial charge is 0.573 e. The minimum Gasteiger partial charge on any atom is -0.406 e. The van der Waals surface area contributed by atoms with Crippen LogP contribution in [0.25, 0.3) is 10.9 Å². The van der Waals surface area contributed by atoms with Crippen LogP contribution in [0.1, 0.15) is 5.69 Å². The number of ether oxygens (including phenoxy) is 1. The van der Waals surface area contributed by atoms with E-state index in [-0.39, 0.29) is 5.75 Å². The summed E-state index contributed by atoms with van der Waals surface area (Å²) in [5.74, 6) is -0.306. The van der Waals surface area contributed by atoms with E-state index in [1.54, 1.807) is 13.0 Å². The molecule has 0 radical (unpaired) electrons. The maximum atomic E-state index is 12.0. The summed E-state index contributed by atoms with van der Waals surface area (Å²) in [6, 6.07) is 5.51. The monoisotopic (exact) mass is 261 g/mol. The van der Waals surface area contributed by atoms with Gasteiger partial charge in [-0.1, -0.05) is 11.6 Å². The van der Waals surface area contributed by atoms with Crippen LogP contribution < -0.4 is 4.74 Å². The van der Waals surface area contributed by atoms with Crippen molar-refractivity contribution in [1.82, 2.24) is 4.98 Å². The smallest absolute Gasteiger partial charge is 0.406 e. The number of hydrogen-bond donors (Lipinski definition) is 0. The number of pyridine rings is 1. The highest BCUT2D eigenvalue weighted by Crippen LogP contribution is 2.29. The summed E-state index contributed by atoms with van der Waals surface area (Å²) in [6.07, 6.45) is -4.71. The van der Waals surface area contributed by atoms with Gasteiger partial charge in [-0.05, 0) is 25.1 Å². The molecule has 0 amide bonds. The standard InChI is InChI=1S/C11H7ClF3NO/c1-6-4-9(12)8-3-2-7(5-10(8)16-6)17-11(13,14)15/h2-5H,1H3. The molecule has 1 heterocycles. The highest BCUT2D eigenvalue weighted by Gasteiger charge is 2.31. The van der Waals surface area contributed by atoms with Crippen LogP contribution in [-0.2, 0) is 0 Å². The van der Waals surface area contributed by atoms with E-state index in [0.717, 1.165) is 0 Å². The molecule has 6 heteroatoms. The average molecular weight is 262 g/mol. The van der Waals surface area contributed by atoms with Crippen molar-refractivity contribution in [1.29, 1.82) is 0 Å². The molecule has 0 N–H and O–H groups in total. The number of aryl methyl sites for hydroxylation is 1. The number of halogens is 4. The van der Waals surface area contributed by atoms with Crippen LogP contribution in [0.3, 0.4) is 0 Å². The Bertz CT molecular complexity index is 568. The van der Waals surface area contributed by atoms with E-state index in [4.69, 9.17) is 11.6 Å². The van der Waals surface area contributed by atoms with E-state index in [9.17, 15) is 13.2 Å². The van der Waals surface area contributed by atoms with Crippen LogP contribution in [-0.4, -0.2) is 11.3 Å². The Kier molecular flexibility index (Phi) is 2.87. The number of benzene rings is 1. The summed E-state index contributed by atoms with van der Waals surface area (Å²) in [6.45, 7) is 1.71. The van der Waals surface area contributed by atoms with Crippen molar-refractivity contribution in [3.63, 3.8) is 0 Å². The molecule has 2 rings (SSSR count). The summed E-state index contributed by atoms with van der Waals surface area (Å²) in [4.78, 5) is 4.10. The van der Waals surface area contributed by atoms with Crippen molar-refractivity contribution in [3.05, 3.63) is 35.0 Å². The molecule has 0 spiro atoms. The molecule has 90 valence electrons. The number of nitrogens with zero attached hydrogens (tertiary/aromatic N) is 1. The van der Waals surface area contributed by atoms with E-state index < -0.39 is 6.36 Å². The van der Waals surface area contributed by atoms with Gasteiger partial charge in [0.05, 0.1) is 10.5 Å². The summed E-state index contributed by atoms with van der Waals surface area (Å²) >= 11 is 5.94. The highest BCUT2D eigenvalue weighted by atomic mass is 35.5. The Morgan fingerprint density at radius 2 is 1.94 bits per heavy atom. The molecule has 1 aromatic carbocycles. The second-order valence-electron chi connectivity index (χ2n) is 3.47. The van der Waals surface area contributed by atoms with Crippen LogP contribution in [0.2, 0.25) is 5.02 Å². The van der Waals surface area contributed by atoms with Crippen molar-refractivity contribution in [3.8, 4) is 5.75 Å². The van der Waals surface area contributed by atoms with E-state index in [0.29, 0.717) is 21.6 Å². The lowest BCUT2D eigenvalue weighted by atomic mass is 10.2. The van der Waals surface area contributed by atoms with Crippen LogP contribution >= 0.6 is 11.6 Å². The second-order valence-corrected chi connectivity index (χ2v) is 3.88. The lowest BCUT2D eigenvalue weighted by Crippen LogP contribution is -2.17. The lowest BCUT2D eigenvalue weighted by Gasteiger charge is -2.09. The minimum absolute atomic E-state index is 0.306. The summed E-state index contributed by atoms with van der Waals surface area (Å²) in [5, 5.41) is 1.04. The first kappa shape index (κ1) is 12.0. The number of aromatic nitrogens is 1. The van der Waals surface area contributed by atoms with E-state index >= 15 is 0 Å². The fourth-order valence-electron chi connectivity index (χ4n) is 1.49. The molecular formula is C11H7ClF3NO. The summed E-state index contributed by atoms with van der Waals surface area (Å²) in [5.41, 5.74) is 1.00. The highest BCUT2D eigenvalue weighted by molar-refractivity contribution is 6.35. The van der Waals surface area contributed by atoms with Gasteiger partial charge in [-0.25, -0.2) is 0 Å². The van der Waals surface area contributed by atoms with E-state index in [1.165, 1.54) is 18.2 Å². The summed E-state index contributed by atoms with van der Waals surface area (Å²) < 4.78 is 39.9. The molecule has 0 bridgehead atoms. The van der Waals surface area contributed by atoms with E-state index in [1.807, 2.05) is 0 Å². The Hall–Kier alpha value is -1.49. The number of fused-ring (bicyclic) bond motifs is 1. The SMILES string of the molecule is Cc1cc(Cl)c2ccc(OC(F)(F)F)cc2n1. The zero-order valence-corrected chi connectivity index (χ0v) is 9.43. The normalized spacial score (nSPS) is 11.8. The van der Waals surface area contributed by atoms with Gasteiger partial charge in [-0.2, -0.15) is 0 Å². The zero-order valence-electron chi connectivity index (χ0n) is 8.68. The zero-order chi connectivity index (χ0) is 12.6. The predicted octanol–water partition coefficient (Wildman–Crippen LogP) is 4.10. The van der Waals surface area contributed by atoms with Crippen LogP contribution in [0, 0.1) is 6.92 Å². The first-order chi connectivity index (χ1) is 7.85. The third kappa shape index (κ3) is 2.79. The van der Waals surface area contributed by atoms with Crippen molar-refractivity contribution < 1.29 is 17.9 Å². The first-order valence-electron chi connectivity index (χ1n) is 4.68. The van der Waals surface area contributed by atoms with Crippen molar-refractivity contribution in [2.75, 3.05) is 0 Å². The Morgan fingerprint density at radius 3 is 2.59 bits per heavy atom. The molecule has 2 nitrogen and oxygen atoms in total. The van der Waals surface area contributed by atoms with Gasteiger partial charge in [-0.15, -0.1) is 13.2 Å². The average Bonchev–Trinajstić information content (AvgIpc) is 2.13. The molecule has 0 aliphatic carbocycles. The second kappa shape index (κ2) is 4.07. The van der Waals surface area contributed by atoms with Gasteiger partial charge in [0.1, 0.15) is 5.75 Å². The van der Waals surface area contributed by atoms with Gasteiger partial charge < -0.3 is 4.74 Å². The van der Waals surface area contributed by atoms with Gasteiger partial charge in [0, 0.05) is 17.1 Å². The van der Waals surface area contributed by atoms with Gasteiger partial charge in [0.25, 0.3) is 0 Å². The Balaban J connectivity index is 2.50. The van der Waals surface area contributed by atoms with Gasteiger partial charge >= 0.3 is 6.36 Å². The molecule has 0 aliphatic heterocycles. The first-order valence-corrected chi connectivity index (χ1v) is 5.05. The maximum Gasteiger partial charge on any atom is 0.573 e. The number of alkyl halides is 3. The van der Waals surface area contributed by atoms with Gasteiger partial charge in [0.15, 0.2) is 0 Å². The van der Waals surface area contributed by atoms with E-state index in [2.05, 4.69) is 9.72 Å². The fraction of sp³-hybridized carbons (Fsp3) is 0.182. The van der Waals surface area contributed by atoms with Crippen molar-refractivity contribution >= 4 is 22.5 Å². The molecule has 1 aromatic heterocycles. The number of rotatable bonds is 1. The summed E-state index contributed by atoms with van der Waals surface area (Å²) in [7, 11) is 0. The third-order valence-electron chi connectivity index (χ3n) is 2.09. The maximum absolute atomic E-state index is 12.0. The Labute approximate surface area is 100.0 Å². The topological polar surface area (TPSA) is 22.1 Å². The van der Waals surface area contributed by atoms with Crippen molar-refractivity contribution in [2.45, 2.75) is 13.3 Å². The van der Waals surface area contributed by atoms with Gasteiger partial charge in [-0.3, -0.25) is 4.98 Å². The molecule has 0 unspecified atom stereocenters. The molecular weight excluding hydrogens is 255 g/mol. The number of hydrogen-bond acceptors (Lipinski definition) is 2. The molecule has 2 aromatic rings. The fourth-order valence-corrected chi connectivity index (χ4v) is 1.80. The predicted molar refractivity (Wildman–Crippen MR) is 58.2 cm³/mol. The minimum atomic E-state index is -4.71. The van der Waals surface area contributed by atoms with Gasteiger partial charge in [0.2, 0.25) is 0 Å². The molecule has 0 atom stereocenters. The van der Waals surface area contributed by atoms with Crippen LogP contribution in [0.15, 0.2) is 24.3 Å². The molecule has 17 heavy (non-hydrogen) atoms. The molecule has 0 aliphatic rings. The van der Waals surface area contributed by atoms with Crippen molar-refractivity contribution in [2.24, 2.45) is 0 Å². The molecule has 0 saturated carbocycles. The lowest BCUT2D eigenvalue weighted by molar-refractivity contribution is -0.274. The quantitative estimate of drug-likeness (QED) is 0.771. The van der Waals surface area contributed by atoms with Crippen LogP contribution in [0.5, 0.6) is 5.75 Å². The molecule has 0 saturated heterocycles.